The average Bonchev–Trinajstić information content (AvgIpc) is 2.83. The summed E-state index contributed by atoms with van der Waals surface area (Å²) in [6.07, 6.45) is 0. The molecule has 2 heterocycles. The number of rotatable bonds is 4. The summed E-state index contributed by atoms with van der Waals surface area (Å²) in [5.74, 6) is 0.0919. The maximum Gasteiger partial charge on any atom is 0.344 e. The fourth-order valence-electron chi connectivity index (χ4n) is 3.75. The summed E-state index contributed by atoms with van der Waals surface area (Å²) in [5, 5.41) is 1.13. The van der Waals surface area contributed by atoms with Gasteiger partial charge in [-0.2, -0.15) is 0 Å². The highest BCUT2D eigenvalue weighted by Gasteiger charge is 2.16. The Balaban J connectivity index is 1.59. The van der Waals surface area contributed by atoms with Crippen molar-refractivity contribution in [2.45, 2.75) is 6.92 Å². The van der Waals surface area contributed by atoms with Crippen LogP contribution in [0.3, 0.4) is 0 Å². The van der Waals surface area contributed by atoms with Gasteiger partial charge in [0, 0.05) is 28.5 Å². The maximum atomic E-state index is 12.8. The number of benzene rings is 3. The smallest absolute Gasteiger partial charge is 0.344 e. The Hall–Kier alpha value is -4.65. The first-order valence-corrected chi connectivity index (χ1v) is 10.4. The molecule has 0 N–H and O–H groups in total. The molecular formula is C27H18O7. The molecule has 0 saturated heterocycles. The van der Waals surface area contributed by atoms with Crippen molar-refractivity contribution in [3.05, 3.63) is 105 Å². The van der Waals surface area contributed by atoms with Crippen LogP contribution in [0.2, 0.25) is 0 Å². The van der Waals surface area contributed by atoms with Crippen LogP contribution in [-0.2, 0) is 0 Å². The molecule has 0 bridgehead atoms. The van der Waals surface area contributed by atoms with E-state index in [9.17, 15) is 14.4 Å². The van der Waals surface area contributed by atoms with Crippen LogP contribution in [0.25, 0.3) is 33.1 Å². The van der Waals surface area contributed by atoms with Gasteiger partial charge in [0.05, 0.1) is 18.2 Å². The molecule has 0 spiro atoms. The highest BCUT2D eigenvalue weighted by atomic mass is 16.5. The molecule has 3 aromatic carbocycles. The Labute approximate surface area is 192 Å². The summed E-state index contributed by atoms with van der Waals surface area (Å²) in [6, 6.07) is 19.7. The molecule has 0 amide bonds. The first-order chi connectivity index (χ1) is 16.4. The van der Waals surface area contributed by atoms with Gasteiger partial charge in [-0.1, -0.05) is 29.8 Å². The minimum atomic E-state index is -0.658. The summed E-state index contributed by atoms with van der Waals surface area (Å²) < 4.78 is 21.5. The monoisotopic (exact) mass is 454 g/mol. The van der Waals surface area contributed by atoms with Crippen LogP contribution in [0.15, 0.2) is 91.2 Å². The fraction of sp³-hybridized carbons (Fsp3) is 0.0741. The van der Waals surface area contributed by atoms with Crippen molar-refractivity contribution in [2.75, 3.05) is 7.11 Å². The van der Waals surface area contributed by atoms with E-state index in [4.69, 9.17) is 18.3 Å². The zero-order valence-corrected chi connectivity index (χ0v) is 18.3. The molecule has 0 saturated carbocycles. The fourth-order valence-corrected chi connectivity index (χ4v) is 3.75. The highest BCUT2D eigenvalue weighted by molar-refractivity contribution is 5.97. The minimum absolute atomic E-state index is 0.168. The number of hydrogen-bond donors (Lipinski definition) is 0. The summed E-state index contributed by atoms with van der Waals surface area (Å²) in [6.45, 7) is 1.92. The van der Waals surface area contributed by atoms with E-state index in [2.05, 4.69) is 0 Å². The Kier molecular flexibility index (Phi) is 5.22. The third kappa shape index (κ3) is 3.84. The third-order valence-electron chi connectivity index (χ3n) is 5.45. The molecule has 0 aliphatic rings. The molecule has 0 atom stereocenters. The van der Waals surface area contributed by atoms with E-state index in [-0.39, 0.29) is 16.9 Å². The largest absolute Gasteiger partial charge is 0.493 e. The van der Waals surface area contributed by atoms with Crippen molar-refractivity contribution in [3.63, 3.8) is 0 Å². The van der Waals surface area contributed by atoms with E-state index in [1.54, 1.807) is 48.5 Å². The van der Waals surface area contributed by atoms with E-state index in [0.29, 0.717) is 33.2 Å². The lowest BCUT2D eigenvalue weighted by molar-refractivity contribution is 0.0735. The van der Waals surface area contributed by atoms with E-state index in [1.165, 1.54) is 19.2 Å². The van der Waals surface area contributed by atoms with Crippen molar-refractivity contribution in [3.8, 4) is 22.6 Å². The molecule has 0 radical (unpaired) electrons. The van der Waals surface area contributed by atoms with E-state index in [0.717, 1.165) is 5.56 Å². The molecular weight excluding hydrogens is 436 g/mol. The van der Waals surface area contributed by atoms with Crippen LogP contribution >= 0.6 is 0 Å². The normalized spacial score (nSPS) is 11.0. The number of ether oxygens (including phenoxy) is 2. The predicted molar refractivity (Wildman–Crippen MR) is 127 cm³/mol. The van der Waals surface area contributed by atoms with Crippen LogP contribution in [-0.4, -0.2) is 13.1 Å². The Morgan fingerprint density at radius 3 is 2.41 bits per heavy atom. The van der Waals surface area contributed by atoms with Crippen molar-refractivity contribution in [1.82, 2.24) is 0 Å². The lowest BCUT2D eigenvalue weighted by atomic mass is 10.0. The lowest BCUT2D eigenvalue weighted by Gasteiger charge is -2.09. The molecule has 5 rings (SSSR count). The van der Waals surface area contributed by atoms with Crippen LogP contribution in [0.5, 0.6) is 11.5 Å². The van der Waals surface area contributed by atoms with E-state index < -0.39 is 17.2 Å². The lowest BCUT2D eigenvalue weighted by Crippen LogP contribution is -2.09. The molecule has 168 valence electrons. The summed E-state index contributed by atoms with van der Waals surface area (Å²) >= 11 is 0. The molecule has 0 fully saturated rings. The maximum absolute atomic E-state index is 12.8. The average molecular weight is 454 g/mol. The second-order valence-electron chi connectivity index (χ2n) is 7.72. The van der Waals surface area contributed by atoms with Crippen LogP contribution in [0, 0.1) is 6.92 Å². The summed E-state index contributed by atoms with van der Waals surface area (Å²) in [5.41, 5.74) is 1.16. The van der Waals surface area contributed by atoms with Crippen molar-refractivity contribution in [2.24, 2.45) is 0 Å². The first kappa shape index (κ1) is 21.2. The highest BCUT2D eigenvalue weighted by Crippen LogP contribution is 2.32. The van der Waals surface area contributed by atoms with Gasteiger partial charge >= 0.3 is 17.2 Å². The van der Waals surface area contributed by atoms with Gasteiger partial charge in [-0.25, -0.2) is 14.4 Å². The zero-order chi connectivity index (χ0) is 23.8. The van der Waals surface area contributed by atoms with Crippen LogP contribution in [0.1, 0.15) is 15.9 Å². The number of fused-ring (bicyclic) bond motifs is 2. The van der Waals surface area contributed by atoms with Crippen LogP contribution in [0.4, 0.5) is 0 Å². The van der Waals surface area contributed by atoms with Crippen molar-refractivity contribution < 1.29 is 23.1 Å². The Morgan fingerprint density at radius 1 is 0.853 bits per heavy atom. The molecule has 5 aromatic rings. The second-order valence-corrected chi connectivity index (χ2v) is 7.72. The van der Waals surface area contributed by atoms with E-state index >= 15 is 0 Å². The topological polar surface area (TPSA) is 96.0 Å². The SMILES string of the molecule is COc1cccc2cc(-c3cc(=O)oc4cc(OC(=O)c5ccc(C)cc5)ccc34)c(=O)oc12. The predicted octanol–water partition coefficient (Wildman–Crippen LogP) is 5.10. The molecule has 2 aromatic heterocycles. The van der Waals surface area contributed by atoms with Gasteiger partial charge in [0.1, 0.15) is 11.3 Å². The standard InChI is InChI=1S/C27H18O7/c1-15-6-8-16(9-7-15)26(29)32-18-10-11-19-20(14-24(28)33-23(19)13-18)21-12-17-4-3-5-22(31-2)25(17)34-27(21)30/h3-14H,1-2H3. The van der Waals surface area contributed by atoms with Gasteiger partial charge in [-0.15, -0.1) is 0 Å². The van der Waals surface area contributed by atoms with Crippen LogP contribution < -0.4 is 20.7 Å². The molecule has 0 aliphatic heterocycles. The minimum Gasteiger partial charge on any atom is -0.493 e. The van der Waals surface area contributed by atoms with Gasteiger partial charge in [0.15, 0.2) is 11.3 Å². The molecule has 0 aliphatic carbocycles. The number of methoxy groups -OCH3 is 1. The van der Waals surface area contributed by atoms with Gasteiger partial charge in [-0.05, 0) is 43.3 Å². The second kappa shape index (κ2) is 8.37. The van der Waals surface area contributed by atoms with Gasteiger partial charge in [0.2, 0.25) is 0 Å². The number of carbonyl (C=O) groups is 1. The molecule has 7 nitrogen and oxygen atoms in total. The van der Waals surface area contributed by atoms with Gasteiger partial charge in [0.25, 0.3) is 0 Å². The quantitative estimate of drug-likeness (QED) is 0.212. The third-order valence-corrected chi connectivity index (χ3v) is 5.45. The molecule has 0 unspecified atom stereocenters. The number of para-hydroxylation sites is 1. The van der Waals surface area contributed by atoms with Crippen molar-refractivity contribution in [1.29, 1.82) is 0 Å². The first-order valence-electron chi connectivity index (χ1n) is 10.4. The van der Waals surface area contributed by atoms with Gasteiger partial charge in [-0.3, -0.25) is 0 Å². The zero-order valence-electron chi connectivity index (χ0n) is 18.3. The van der Waals surface area contributed by atoms with Gasteiger partial charge < -0.3 is 18.3 Å². The summed E-state index contributed by atoms with van der Waals surface area (Å²) in [7, 11) is 1.49. The summed E-state index contributed by atoms with van der Waals surface area (Å²) in [4.78, 5) is 37.6. The van der Waals surface area contributed by atoms with Crippen molar-refractivity contribution >= 4 is 27.9 Å². The number of hydrogen-bond acceptors (Lipinski definition) is 7. The number of carbonyl (C=O) groups excluding carboxylic acids is 1. The van der Waals surface area contributed by atoms with E-state index in [1.807, 2.05) is 19.1 Å². The Bertz CT molecular complexity index is 1670. The number of aryl methyl sites for hydroxylation is 1. The molecule has 7 heteroatoms. The number of esters is 1. The molecule has 34 heavy (non-hydrogen) atoms. The Morgan fingerprint density at radius 2 is 1.65 bits per heavy atom.